The van der Waals surface area contributed by atoms with Crippen molar-refractivity contribution in [1.29, 1.82) is 0 Å². The minimum absolute atomic E-state index is 0.0956. The van der Waals surface area contributed by atoms with Crippen LogP contribution in [-0.4, -0.2) is 15.2 Å². The van der Waals surface area contributed by atoms with Crippen molar-refractivity contribution in [3.63, 3.8) is 0 Å². The number of aryl methyl sites for hydroxylation is 1. The molecule has 0 radical (unpaired) electrons. The van der Waals surface area contributed by atoms with Gasteiger partial charge >= 0.3 is 0 Å². The van der Waals surface area contributed by atoms with E-state index < -0.39 is 10.0 Å². The molecule has 0 unspecified atom stereocenters. The molecular weight excluding hydrogens is 386 g/mol. The molecule has 7 heteroatoms. The molecule has 0 fully saturated rings. The van der Waals surface area contributed by atoms with Gasteiger partial charge in [0.1, 0.15) is 0 Å². The quantitative estimate of drug-likeness (QED) is 0.679. The molecule has 3 aromatic carbocycles. The number of halogens is 1. The van der Waals surface area contributed by atoms with Crippen molar-refractivity contribution < 1.29 is 17.9 Å². The van der Waals surface area contributed by atoms with Crippen LogP contribution in [0.2, 0.25) is 5.02 Å². The monoisotopic (exact) mass is 401 g/mol. The van der Waals surface area contributed by atoms with Gasteiger partial charge in [0.05, 0.1) is 10.6 Å². The minimum atomic E-state index is -3.76. The van der Waals surface area contributed by atoms with Crippen molar-refractivity contribution in [2.24, 2.45) is 0 Å². The maximum atomic E-state index is 12.8. The second-order valence-electron chi connectivity index (χ2n) is 6.13. The maximum Gasteiger partial charge on any atom is 0.261 e. The first-order valence-electron chi connectivity index (χ1n) is 8.22. The normalized spacial score (nSPS) is 12.8. The van der Waals surface area contributed by atoms with E-state index in [0.29, 0.717) is 27.8 Å². The van der Waals surface area contributed by atoms with Gasteiger partial charge in [-0.1, -0.05) is 41.9 Å². The lowest BCUT2D eigenvalue weighted by Gasteiger charge is -2.15. The van der Waals surface area contributed by atoms with Crippen LogP contribution in [0.3, 0.4) is 0 Å². The zero-order valence-electron chi connectivity index (χ0n) is 14.4. The molecule has 0 atom stereocenters. The molecular formula is C20H16ClNO4S. The van der Waals surface area contributed by atoms with Gasteiger partial charge in [0.15, 0.2) is 11.5 Å². The number of fused-ring (bicyclic) bond motifs is 1. The third-order valence-electron chi connectivity index (χ3n) is 4.29. The third-order valence-corrected chi connectivity index (χ3v) is 6.08. The predicted octanol–water partition coefficient (Wildman–Crippen LogP) is 4.84. The fourth-order valence-electron chi connectivity index (χ4n) is 2.83. The minimum Gasteiger partial charge on any atom is -0.454 e. The molecule has 1 aliphatic rings. The zero-order chi connectivity index (χ0) is 19.0. The molecule has 0 amide bonds. The largest absolute Gasteiger partial charge is 0.454 e. The Morgan fingerprint density at radius 2 is 1.67 bits per heavy atom. The van der Waals surface area contributed by atoms with E-state index in [1.54, 1.807) is 36.4 Å². The van der Waals surface area contributed by atoms with Crippen LogP contribution in [0.1, 0.15) is 5.56 Å². The highest BCUT2D eigenvalue weighted by Gasteiger charge is 2.22. The molecule has 27 heavy (non-hydrogen) atoms. The number of benzene rings is 3. The van der Waals surface area contributed by atoms with E-state index in [-0.39, 0.29) is 11.7 Å². The number of rotatable bonds is 4. The summed E-state index contributed by atoms with van der Waals surface area (Å²) in [6, 6.07) is 17.2. The van der Waals surface area contributed by atoms with Crippen molar-refractivity contribution >= 4 is 27.3 Å². The second kappa shape index (κ2) is 6.79. The second-order valence-corrected chi connectivity index (χ2v) is 8.22. The van der Waals surface area contributed by atoms with E-state index in [4.69, 9.17) is 21.1 Å². The van der Waals surface area contributed by atoms with Gasteiger partial charge in [-0.25, -0.2) is 8.42 Å². The number of hydrogen-bond donors (Lipinski definition) is 1. The average Bonchev–Trinajstić information content (AvgIpc) is 3.11. The number of ether oxygens (including phenoxy) is 2. The summed E-state index contributed by atoms with van der Waals surface area (Å²) in [7, 11) is -3.76. The van der Waals surface area contributed by atoms with Gasteiger partial charge in [-0.2, -0.15) is 0 Å². The van der Waals surface area contributed by atoms with Crippen LogP contribution in [0, 0.1) is 6.92 Å². The van der Waals surface area contributed by atoms with Gasteiger partial charge in [-0.15, -0.1) is 0 Å². The van der Waals surface area contributed by atoms with Crippen LogP contribution in [0.15, 0.2) is 65.6 Å². The average molecular weight is 402 g/mol. The van der Waals surface area contributed by atoms with E-state index >= 15 is 0 Å². The summed E-state index contributed by atoms with van der Waals surface area (Å²) >= 11 is 6.27. The molecule has 5 nitrogen and oxygen atoms in total. The molecule has 0 aromatic heterocycles. The molecule has 0 saturated heterocycles. The lowest BCUT2D eigenvalue weighted by molar-refractivity contribution is 0.174. The van der Waals surface area contributed by atoms with E-state index in [1.165, 1.54) is 12.1 Å². The van der Waals surface area contributed by atoms with Crippen molar-refractivity contribution in [2.75, 3.05) is 11.5 Å². The van der Waals surface area contributed by atoms with Gasteiger partial charge in [0, 0.05) is 16.7 Å². The van der Waals surface area contributed by atoms with Crippen LogP contribution in [-0.2, 0) is 10.0 Å². The molecule has 0 spiro atoms. The number of anilines is 1. The van der Waals surface area contributed by atoms with Crippen molar-refractivity contribution in [3.05, 3.63) is 71.2 Å². The molecule has 1 aliphatic heterocycles. The summed E-state index contributed by atoms with van der Waals surface area (Å²) in [5.41, 5.74) is 2.76. The van der Waals surface area contributed by atoms with Crippen LogP contribution >= 0.6 is 11.6 Å². The lowest BCUT2D eigenvalue weighted by atomic mass is 10.0. The van der Waals surface area contributed by atoms with Crippen LogP contribution in [0.4, 0.5) is 5.69 Å². The Hall–Kier alpha value is -2.70. The van der Waals surface area contributed by atoms with Crippen molar-refractivity contribution in [1.82, 2.24) is 0 Å². The van der Waals surface area contributed by atoms with Gasteiger partial charge in [-0.3, -0.25) is 4.72 Å². The molecule has 1 heterocycles. The Kier molecular flexibility index (Phi) is 4.45. The fourth-order valence-corrected chi connectivity index (χ4v) is 4.10. The summed E-state index contributed by atoms with van der Waals surface area (Å²) in [5, 5.41) is 0.599. The van der Waals surface area contributed by atoms with Crippen molar-refractivity contribution in [2.45, 2.75) is 11.8 Å². The van der Waals surface area contributed by atoms with Gasteiger partial charge in [-0.05, 0) is 42.3 Å². The molecule has 0 bridgehead atoms. The summed E-state index contributed by atoms with van der Waals surface area (Å²) in [5.74, 6) is 1.05. The van der Waals surface area contributed by atoms with E-state index in [0.717, 1.165) is 11.1 Å². The Bertz CT molecular complexity index is 1110. The smallest absolute Gasteiger partial charge is 0.261 e. The van der Waals surface area contributed by atoms with Crippen LogP contribution in [0.5, 0.6) is 11.5 Å². The molecule has 1 N–H and O–H groups in total. The van der Waals surface area contributed by atoms with Gasteiger partial charge < -0.3 is 9.47 Å². The van der Waals surface area contributed by atoms with Crippen molar-refractivity contribution in [3.8, 4) is 22.6 Å². The number of sulfonamides is 1. The summed E-state index contributed by atoms with van der Waals surface area (Å²) in [6.45, 7) is 2.00. The van der Waals surface area contributed by atoms with Crippen LogP contribution < -0.4 is 14.2 Å². The summed E-state index contributed by atoms with van der Waals surface area (Å²) < 4.78 is 39.1. The Morgan fingerprint density at radius 1 is 0.963 bits per heavy atom. The molecule has 3 aromatic rings. The first-order chi connectivity index (χ1) is 12.9. The highest BCUT2D eigenvalue weighted by molar-refractivity contribution is 7.92. The summed E-state index contributed by atoms with van der Waals surface area (Å²) in [4.78, 5) is 0.176. The van der Waals surface area contributed by atoms with Gasteiger partial charge in [0.2, 0.25) is 6.79 Å². The SMILES string of the molecule is Cc1ccc(-c2cc3c(cc2NS(=O)(=O)c2ccccc2)OCO3)cc1Cl. The zero-order valence-corrected chi connectivity index (χ0v) is 16.0. The highest BCUT2D eigenvalue weighted by Crippen LogP contribution is 2.42. The highest BCUT2D eigenvalue weighted by atomic mass is 35.5. The van der Waals surface area contributed by atoms with Gasteiger partial charge in [0.25, 0.3) is 10.0 Å². The van der Waals surface area contributed by atoms with E-state index in [9.17, 15) is 8.42 Å². The number of nitrogens with one attached hydrogen (secondary N) is 1. The van der Waals surface area contributed by atoms with E-state index in [1.807, 2.05) is 19.1 Å². The Labute approximate surface area is 162 Å². The van der Waals surface area contributed by atoms with E-state index in [2.05, 4.69) is 4.72 Å². The molecule has 0 aliphatic carbocycles. The fraction of sp³-hybridized carbons (Fsp3) is 0.100. The Balaban J connectivity index is 1.83. The lowest BCUT2D eigenvalue weighted by Crippen LogP contribution is -2.13. The first kappa shape index (κ1) is 17.7. The first-order valence-corrected chi connectivity index (χ1v) is 10.1. The molecule has 4 rings (SSSR count). The third kappa shape index (κ3) is 3.46. The standard InChI is InChI=1S/C20H16ClNO4S/c1-13-7-8-14(9-17(13)21)16-10-19-20(26-12-25-19)11-18(16)22-27(23,24)15-5-3-2-4-6-15/h2-11,22H,12H2,1H3. The maximum absolute atomic E-state index is 12.8. The molecule has 138 valence electrons. The summed E-state index contributed by atoms with van der Waals surface area (Å²) in [6.07, 6.45) is 0. The number of hydrogen-bond acceptors (Lipinski definition) is 4. The Morgan fingerprint density at radius 3 is 2.37 bits per heavy atom. The molecule has 0 saturated carbocycles. The predicted molar refractivity (Wildman–Crippen MR) is 105 cm³/mol. The van der Waals surface area contributed by atoms with Crippen LogP contribution in [0.25, 0.3) is 11.1 Å². The topological polar surface area (TPSA) is 64.6 Å².